The molecule has 0 aliphatic carbocycles. The first-order chi connectivity index (χ1) is 17.8. The number of sulfonamides is 1. The third kappa shape index (κ3) is 4.96. The van der Waals surface area contributed by atoms with E-state index in [2.05, 4.69) is 32.0 Å². The first-order valence-corrected chi connectivity index (χ1v) is 13.8. The van der Waals surface area contributed by atoms with Gasteiger partial charge in [0.05, 0.1) is 25.0 Å². The van der Waals surface area contributed by atoms with Crippen molar-refractivity contribution in [2.24, 2.45) is 0 Å². The zero-order valence-electron chi connectivity index (χ0n) is 21.1. The molecule has 1 amide bonds. The van der Waals surface area contributed by atoms with Gasteiger partial charge < -0.3 is 19.4 Å². The third-order valence-corrected chi connectivity index (χ3v) is 8.68. The van der Waals surface area contributed by atoms with Crippen molar-refractivity contribution in [2.45, 2.75) is 38.8 Å². The van der Waals surface area contributed by atoms with Crippen LogP contribution in [0.1, 0.15) is 46.7 Å². The predicted octanol–water partition coefficient (Wildman–Crippen LogP) is 2.44. The second-order valence-corrected chi connectivity index (χ2v) is 11.4. The number of nitrogens with zero attached hydrogens (tertiary/aromatic N) is 5. The summed E-state index contributed by atoms with van der Waals surface area (Å²) >= 11 is 0. The minimum atomic E-state index is -3.47. The van der Waals surface area contributed by atoms with Crippen molar-refractivity contribution in [3.05, 3.63) is 52.8 Å². The quantitative estimate of drug-likeness (QED) is 0.474. The van der Waals surface area contributed by atoms with E-state index in [4.69, 9.17) is 9.47 Å². The van der Waals surface area contributed by atoms with Gasteiger partial charge in [0.1, 0.15) is 23.1 Å². The Morgan fingerprint density at radius 2 is 2.00 bits per heavy atom. The van der Waals surface area contributed by atoms with E-state index in [1.54, 1.807) is 12.1 Å². The summed E-state index contributed by atoms with van der Waals surface area (Å²) < 4.78 is 39.3. The number of rotatable bonds is 8. The molecule has 0 fully saturated rings. The van der Waals surface area contributed by atoms with Crippen LogP contribution in [-0.2, 0) is 34.1 Å². The SMILES string of the molecule is COCCS(=O)(=O)N1CCc2cc(OC)c(C(=O)Nc3cccc(-c4nnc5n4[C@@H](C)CC5)n3)cc2C1. The fourth-order valence-corrected chi connectivity index (χ4v) is 6.21. The highest BCUT2D eigenvalue weighted by Crippen LogP contribution is 2.31. The second-order valence-electron chi connectivity index (χ2n) is 9.27. The zero-order valence-corrected chi connectivity index (χ0v) is 21.9. The van der Waals surface area contributed by atoms with Gasteiger partial charge in [-0.15, -0.1) is 10.2 Å². The van der Waals surface area contributed by atoms with Crippen molar-refractivity contribution in [1.82, 2.24) is 24.1 Å². The van der Waals surface area contributed by atoms with Gasteiger partial charge in [-0.05, 0) is 55.2 Å². The van der Waals surface area contributed by atoms with Crippen LogP contribution in [0.25, 0.3) is 11.5 Å². The average Bonchev–Trinajstić information content (AvgIpc) is 3.49. The molecule has 4 heterocycles. The second kappa shape index (κ2) is 10.2. The monoisotopic (exact) mass is 526 g/mol. The van der Waals surface area contributed by atoms with Crippen LogP contribution >= 0.6 is 0 Å². The summed E-state index contributed by atoms with van der Waals surface area (Å²) in [4.78, 5) is 17.9. The molecule has 2 aliphatic heterocycles. The Morgan fingerprint density at radius 1 is 1.16 bits per heavy atom. The van der Waals surface area contributed by atoms with Gasteiger partial charge in [0.2, 0.25) is 10.0 Å². The highest BCUT2D eigenvalue weighted by atomic mass is 32.2. The molecule has 0 unspecified atom stereocenters. The Hall–Kier alpha value is -3.35. The van der Waals surface area contributed by atoms with Gasteiger partial charge in [-0.2, -0.15) is 4.31 Å². The van der Waals surface area contributed by atoms with Gasteiger partial charge in [0, 0.05) is 32.7 Å². The maximum absolute atomic E-state index is 13.3. The highest BCUT2D eigenvalue weighted by Gasteiger charge is 2.29. The lowest BCUT2D eigenvalue weighted by atomic mass is 9.97. The van der Waals surface area contributed by atoms with E-state index in [0.29, 0.717) is 41.6 Å². The van der Waals surface area contributed by atoms with Gasteiger partial charge in [0.25, 0.3) is 5.91 Å². The predicted molar refractivity (Wildman–Crippen MR) is 137 cm³/mol. The van der Waals surface area contributed by atoms with E-state index in [1.807, 2.05) is 18.2 Å². The summed E-state index contributed by atoms with van der Waals surface area (Å²) in [5.41, 5.74) is 2.66. The maximum atomic E-state index is 13.3. The number of benzene rings is 1. The van der Waals surface area contributed by atoms with E-state index >= 15 is 0 Å². The number of hydrogen-bond donors (Lipinski definition) is 1. The summed E-state index contributed by atoms with van der Waals surface area (Å²) in [6.07, 6.45) is 2.43. The molecule has 196 valence electrons. The Morgan fingerprint density at radius 3 is 2.78 bits per heavy atom. The summed E-state index contributed by atoms with van der Waals surface area (Å²) in [7, 11) is -0.484. The van der Waals surface area contributed by atoms with Crippen LogP contribution in [0.2, 0.25) is 0 Å². The van der Waals surface area contributed by atoms with Crippen LogP contribution < -0.4 is 10.1 Å². The van der Waals surface area contributed by atoms with Crippen LogP contribution in [-0.4, -0.2) is 71.5 Å². The standard InChI is InChI=1S/C25H30N6O5S/c1-16-7-8-23-28-29-24(31(16)23)20-5-4-6-22(26-20)27-25(32)19-13-18-15-30(37(33,34)12-11-35-2)10-9-17(18)14-21(19)36-3/h4-6,13-14,16H,7-12,15H2,1-3H3,(H,26,27,32)/t16-/m0/s1. The molecule has 0 saturated heterocycles. The van der Waals surface area contributed by atoms with Gasteiger partial charge in [-0.1, -0.05) is 6.07 Å². The first kappa shape index (κ1) is 25.3. The van der Waals surface area contributed by atoms with Crippen LogP contribution in [0.15, 0.2) is 30.3 Å². The van der Waals surface area contributed by atoms with E-state index < -0.39 is 15.9 Å². The number of fused-ring (bicyclic) bond motifs is 2. The number of ether oxygens (including phenoxy) is 2. The largest absolute Gasteiger partial charge is 0.496 e. The van der Waals surface area contributed by atoms with Crippen molar-refractivity contribution >= 4 is 21.7 Å². The summed E-state index contributed by atoms with van der Waals surface area (Å²) in [5, 5.41) is 11.4. The van der Waals surface area contributed by atoms with Crippen molar-refractivity contribution in [3.8, 4) is 17.3 Å². The third-order valence-electron chi connectivity index (χ3n) is 6.90. The minimum absolute atomic E-state index is 0.0849. The zero-order chi connectivity index (χ0) is 26.2. The van der Waals surface area contributed by atoms with Gasteiger partial charge in [-0.3, -0.25) is 4.79 Å². The number of nitrogens with one attached hydrogen (secondary N) is 1. The molecular formula is C25H30N6O5S. The molecule has 0 saturated carbocycles. The molecule has 0 spiro atoms. The van der Waals surface area contributed by atoms with Crippen molar-refractivity contribution in [2.75, 3.05) is 38.4 Å². The number of pyridine rings is 1. The lowest BCUT2D eigenvalue weighted by Gasteiger charge is -2.29. The van der Waals surface area contributed by atoms with E-state index in [-0.39, 0.29) is 24.9 Å². The van der Waals surface area contributed by atoms with Crippen LogP contribution in [0.3, 0.4) is 0 Å². The first-order valence-electron chi connectivity index (χ1n) is 12.2. The van der Waals surface area contributed by atoms with Crippen molar-refractivity contribution < 1.29 is 22.7 Å². The summed E-state index contributed by atoms with van der Waals surface area (Å²) in [6, 6.07) is 9.17. The summed E-state index contributed by atoms with van der Waals surface area (Å²) in [6.45, 7) is 2.82. The average molecular weight is 527 g/mol. The molecule has 2 aliphatic rings. The minimum Gasteiger partial charge on any atom is -0.496 e. The lowest BCUT2D eigenvalue weighted by molar-refractivity contribution is 0.102. The number of carbonyl (C=O) groups is 1. The fourth-order valence-electron chi connectivity index (χ4n) is 4.87. The van der Waals surface area contributed by atoms with Gasteiger partial charge >= 0.3 is 0 Å². The number of hydrogen-bond acceptors (Lipinski definition) is 8. The molecular weight excluding hydrogens is 496 g/mol. The molecule has 37 heavy (non-hydrogen) atoms. The van der Waals surface area contributed by atoms with Gasteiger partial charge in [-0.25, -0.2) is 13.4 Å². The number of amides is 1. The Bertz CT molecular complexity index is 1440. The van der Waals surface area contributed by atoms with Crippen LogP contribution in [0.4, 0.5) is 5.82 Å². The molecule has 3 aromatic rings. The van der Waals surface area contributed by atoms with Crippen LogP contribution in [0.5, 0.6) is 5.75 Å². The Balaban J connectivity index is 1.39. The van der Waals surface area contributed by atoms with Crippen molar-refractivity contribution in [1.29, 1.82) is 0 Å². The lowest BCUT2D eigenvalue weighted by Crippen LogP contribution is -2.38. The Kier molecular flexibility index (Phi) is 6.97. The molecule has 0 bridgehead atoms. The molecule has 12 heteroatoms. The molecule has 0 radical (unpaired) electrons. The molecule has 2 aromatic heterocycles. The van der Waals surface area contributed by atoms with E-state index in [9.17, 15) is 13.2 Å². The number of anilines is 1. The number of carbonyl (C=O) groups excluding carboxylic acids is 1. The fraction of sp³-hybridized carbons (Fsp3) is 0.440. The molecule has 1 atom stereocenters. The summed E-state index contributed by atoms with van der Waals surface area (Å²) in [5.74, 6) is 1.93. The topological polar surface area (TPSA) is 129 Å². The van der Waals surface area contributed by atoms with Crippen molar-refractivity contribution in [3.63, 3.8) is 0 Å². The number of methoxy groups -OCH3 is 2. The normalized spacial score (nSPS) is 17.3. The Labute approximate surface area is 215 Å². The number of aromatic nitrogens is 4. The van der Waals surface area contributed by atoms with Crippen LogP contribution in [0, 0.1) is 0 Å². The maximum Gasteiger partial charge on any atom is 0.260 e. The van der Waals surface area contributed by atoms with E-state index in [0.717, 1.165) is 29.8 Å². The highest BCUT2D eigenvalue weighted by molar-refractivity contribution is 7.89. The molecule has 1 aromatic carbocycles. The number of aryl methyl sites for hydroxylation is 1. The smallest absolute Gasteiger partial charge is 0.260 e. The molecule has 1 N–H and O–H groups in total. The van der Waals surface area contributed by atoms with E-state index in [1.165, 1.54) is 18.5 Å². The van der Waals surface area contributed by atoms with Gasteiger partial charge in [0.15, 0.2) is 5.82 Å². The molecule has 5 rings (SSSR count). The molecule has 11 nitrogen and oxygen atoms in total.